The average molecular weight is 746 g/mol. The number of allylic oxidation sites excluding steroid dienone is 1. The molecule has 2 aromatic carbocycles. The van der Waals surface area contributed by atoms with E-state index in [4.69, 9.17) is 39.9 Å². The Morgan fingerprint density at radius 1 is 0.558 bits per heavy atom. The summed E-state index contributed by atoms with van der Waals surface area (Å²) in [6, 6.07) is 19.9. The van der Waals surface area contributed by atoms with Gasteiger partial charge in [0.25, 0.3) is 0 Å². The van der Waals surface area contributed by atoms with Gasteiger partial charge in [-0.15, -0.1) is 0 Å². The molecule has 2 aliphatic rings. The van der Waals surface area contributed by atoms with Crippen LogP contribution in [0.15, 0.2) is 66.2 Å². The number of rotatable bonds is 0. The van der Waals surface area contributed by atoms with Crippen molar-refractivity contribution in [2.75, 3.05) is 0 Å². The van der Waals surface area contributed by atoms with Crippen LogP contribution < -0.4 is 15.4 Å². The third-order valence-corrected chi connectivity index (χ3v) is 7.45. The quantitative estimate of drug-likeness (QED) is 0.183. The molecule has 0 unspecified atom stereocenters. The first-order chi connectivity index (χ1) is 20.0. The molecule has 8 bridgehead atoms. The summed E-state index contributed by atoms with van der Waals surface area (Å²) in [7, 11) is 0. The summed E-state index contributed by atoms with van der Waals surface area (Å²) in [5, 5.41) is 1.79. The van der Waals surface area contributed by atoms with E-state index in [9.17, 15) is 0 Å². The number of aromatic nitrogens is 8. The molecule has 0 atom stereocenters. The van der Waals surface area contributed by atoms with Gasteiger partial charge < -0.3 is 29.9 Å². The maximum absolute atomic E-state index is 4.96. The fourth-order valence-electron chi connectivity index (χ4n) is 5.06. The largest absolute Gasteiger partial charge is 2.00 e. The second kappa shape index (κ2) is 10.5. The molecule has 216 valence electrons. The van der Waals surface area contributed by atoms with Crippen LogP contribution >= 0.6 is 0 Å². The molecule has 0 amide bonds. The topological polar surface area (TPSA) is 106 Å². The van der Waals surface area contributed by atoms with Gasteiger partial charge in [0.05, 0.1) is 22.9 Å². The normalized spacial score (nSPS) is 13.0. The van der Waals surface area contributed by atoms with Gasteiger partial charge in [-0.05, 0) is 57.0 Å². The summed E-state index contributed by atoms with van der Waals surface area (Å²) in [6.07, 6.45) is 4.00. The average Bonchev–Trinajstić information content (AvgIpc) is 3.45. The number of fused-ring (bicyclic) bond motifs is 14. The smallest absolute Gasteiger partial charge is 0.358 e. The molecule has 0 saturated heterocycles. The maximum atomic E-state index is 4.96. The predicted octanol–water partition coefficient (Wildman–Crippen LogP) is 6.13. The Labute approximate surface area is 263 Å². The van der Waals surface area contributed by atoms with Crippen molar-refractivity contribution in [3.05, 3.63) is 83.1 Å². The first-order valence-electron chi connectivity index (χ1n) is 14.0. The zero-order chi connectivity index (χ0) is 29.2. The first kappa shape index (κ1) is 28.8. The van der Waals surface area contributed by atoms with Crippen LogP contribution in [0.2, 0.25) is 0 Å². The zero-order valence-electron chi connectivity index (χ0n) is 24.8. The van der Waals surface area contributed by atoms with E-state index in [-0.39, 0.29) is 31.9 Å². The van der Waals surface area contributed by atoms with Crippen molar-refractivity contribution >= 4 is 45.5 Å². The molecule has 8 nitrogen and oxygen atoms in total. The second-order valence-corrected chi connectivity index (χ2v) is 12.7. The minimum absolute atomic E-state index is 0. The molecule has 9 heteroatoms. The Kier molecular flexibility index (Phi) is 7.01. The molecule has 5 heterocycles. The van der Waals surface area contributed by atoms with E-state index in [1.165, 1.54) is 0 Å². The van der Waals surface area contributed by atoms with Crippen LogP contribution in [0.4, 0.5) is 0 Å². The van der Waals surface area contributed by atoms with E-state index in [1.54, 1.807) is 0 Å². The van der Waals surface area contributed by atoms with E-state index >= 15 is 0 Å². The van der Waals surface area contributed by atoms with Gasteiger partial charge in [-0.1, -0.05) is 90.1 Å². The van der Waals surface area contributed by atoms with Gasteiger partial charge in [-0.2, -0.15) is 0 Å². The summed E-state index contributed by atoms with van der Waals surface area (Å²) in [5.41, 5.74) is 6.30. The number of hydrogen-bond acceptors (Lipinski definition) is 6. The van der Waals surface area contributed by atoms with Gasteiger partial charge in [0, 0.05) is 33.7 Å². The molecule has 5 aromatic rings. The summed E-state index contributed by atoms with van der Waals surface area (Å²) in [6.45, 7) is 13.0. The number of hydrogen-bond donors (Lipinski definition) is 0. The predicted molar refractivity (Wildman–Crippen MR) is 167 cm³/mol. The molecule has 0 spiro atoms. The minimum atomic E-state index is -0.152. The Morgan fingerprint density at radius 2 is 1.14 bits per heavy atom. The summed E-state index contributed by atoms with van der Waals surface area (Å²) in [4.78, 5) is 39.2. The van der Waals surface area contributed by atoms with Gasteiger partial charge in [0.1, 0.15) is 0 Å². The molecule has 0 N–H and O–H groups in total. The zero-order valence-corrected chi connectivity index (χ0v) is 27.1. The van der Waals surface area contributed by atoms with Crippen molar-refractivity contribution in [2.45, 2.75) is 47.0 Å². The van der Waals surface area contributed by atoms with E-state index in [2.05, 4.69) is 41.5 Å². The molecule has 0 saturated carbocycles. The van der Waals surface area contributed by atoms with Crippen molar-refractivity contribution in [3.63, 3.8) is 0 Å². The second-order valence-electron chi connectivity index (χ2n) is 12.7. The monoisotopic (exact) mass is 745 g/mol. The molecule has 0 fully saturated rings. The minimum Gasteiger partial charge on any atom is -0.358 e. The van der Waals surface area contributed by atoms with E-state index < -0.39 is 0 Å². The molecule has 7 rings (SSSR count). The van der Waals surface area contributed by atoms with E-state index in [0.717, 1.165) is 33.0 Å². The SMILES string of the molecule is CC(C)(C)C1=Cc2nc3cc(C(C)(C)C)cc(n3)nc3[n-]c(nc4nc(nc([n-]2)=C1)-c1ccccc1-4)c1ccccc31.[Pt+2]. The van der Waals surface area contributed by atoms with Crippen molar-refractivity contribution in [3.8, 4) is 22.8 Å². The fraction of sp³-hybridized carbons (Fsp3) is 0.235. The van der Waals surface area contributed by atoms with E-state index in [0.29, 0.717) is 45.5 Å². The maximum Gasteiger partial charge on any atom is 2.00 e. The summed E-state index contributed by atoms with van der Waals surface area (Å²) >= 11 is 0. The van der Waals surface area contributed by atoms with Gasteiger partial charge in [-0.3, -0.25) is 0 Å². The van der Waals surface area contributed by atoms with Crippen LogP contribution in [0.25, 0.3) is 68.3 Å². The van der Waals surface area contributed by atoms with Crippen LogP contribution in [0.1, 0.15) is 52.9 Å². The number of benzene rings is 2. The summed E-state index contributed by atoms with van der Waals surface area (Å²) in [5.74, 6) is 1.63. The molecule has 43 heavy (non-hydrogen) atoms. The van der Waals surface area contributed by atoms with Crippen molar-refractivity contribution in [2.24, 2.45) is 5.41 Å². The van der Waals surface area contributed by atoms with Crippen LogP contribution in [0, 0.1) is 5.41 Å². The standard InChI is InChI=1S/C34H30N8.Pt/c1-33(2,3)19-15-25-35-26-16-20(34(4,5)6)18-28(37-26)39-30-22-12-8-10-14-24(22)32(41-30)42-31-23-13-9-7-11-21(23)29(40-31)38-27(17-19)36-25;/h7-18H,1-6H3;/q-2;+2. The first-order valence-corrected chi connectivity index (χ1v) is 14.0. The van der Waals surface area contributed by atoms with Crippen molar-refractivity contribution in [1.82, 2.24) is 39.9 Å². The van der Waals surface area contributed by atoms with Crippen molar-refractivity contribution < 1.29 is 21.1 Å². The third-order valence-electron chi connectivity index (χ3n) is 7.45. The van der Waals surface area contributed by atoms with E-state index in [1.807, 2.05) is 72.8 Å². The molecule has 0 aliphatic carbocycles. The molecule has 2 aliphatic heterocycles. The Hall–Kier alpha value is -4.29. The molecular formula is C34H30N8Pt. The van der Waals surface area contributed by atoms with Crippen LogP contribution in [-0.4, -0.2) is 29.9 Å². The van der Waals surface area contributed by atoms with Gasteiger partial charge >= 0.3 is 21.1 Å². The van der Waals surface area contributed by atoms with Gasteiger partial charge in [0.2, 0.25) is 0 Å². The Balaban J connectivity index is 0.00000329. The van der Waals surface area contributed by atoms with Crippen LogP contribution in [-0.2, 0) is 26.5 Å². The third kappa shape index (κ3) is 5.48. The van der Waals surface area contributed by atoms with Crippen LogP contribution in [0.5, 0.6) is 0 Å². The van der Waals surface area contributed by atoms with Crippen molar-refractivity contribution in [1.29, 1.82) is 0 Å². The van der Waals surface area contributed by atoms with Crippen LogP contribution in [0.3, 0.4) is 0 Å². The molecule has 0 radical (unpaired) electrons. The molecule has 3 aromatic heterocycles. The van der Waals surface area contributed by atoms with Gasteiger partial charge in [0.15, 0.2) is 0 Å². The van der Waals surface area contributed by atoms with Gasteiger partial charge in [-0.25, -0.2) is 9.97 Å². The Bertz CT molecular complexity index is 2180. The molecular weight excluding hydrogens is 716 g/mol. The number of nitrogens with zero attached hydrogens (tertiary/aromatic N) is 8. The summed E-state index contributed by atoms with van der Waals surface area (Å²) < 4.78 is 0. The Morgan fingerprint density at radius 3 is 1.77 bits per heavy atom. The number of pyridine rings is 1. The fourth-order valence-corrected chi connectivity index (χ4v) is 5.06.